The van der Waals surface area contributed by atoms with Crippen molar-refractivity contribution in [3.8, 4) is 5.75 Å². The average molecular weight is 380 g/mol. The van der Waals surface area contributed by atoms with Crippen LogP contribution in [0.5, 0.6) is 5.75 Å². The van der Waals surface area contributed by atoms with Crippen molar-refractivity contribution < 1.29 is 9.53 Å². The van der Waals surface area contributed by atoms with Gasteiger partial charge in [-0.15, -0.1) is 12.4 Å². The molecule has 0 aliphatic carbocycles. The molecular weight excluding hydrogens is 354 g/mol. The fraction of sp³-hybridized carbons (Fsp3) is 0.444. The van der Waals surface area contributed by atoms with Gasteiger partial charge in [0.05, 0.1) is 25.4 Å². The number of hydrogen-bond donors (Lipinski definition) is 2. The molecule has 1 fully saturated rings. The fourth-order valence-electron chi connectivity index (χ4n) is 2.85. The number of piperazine rings is 1. The molecule has 0 saturated carbocycles. The molecule has 8 heteroatoms. The van der Waals surface area contributed by atoms with Crippen LogP contribution in [-0.4, -0.2) is 67.0 Å². The number of ether oxygens (including phenoxy) is 1. The van der Waals surface area contributed by atoms with E-state index in [0.717, 1.165) is 44.0 Å². The van der Waals surface area contributed by atoms with Crippen LogP contribution in [0.1, 0.15) is 15.9 Å². The number of benzene rings is 1. The standard InChI is InChI=1S/C18H25N5O2.ClH/c1-25-17-4-2-15(3-5-17)13-23-14-16(12-21-23)18(24)20-8-11-22-9-6-19-7-10-22;/h2-5,12,14,19H,6-11,13H2,1H3,(H,20,24);1H. The highest BCUT2D eigenvalue weighted by atomic mass is 35.5. The zero-order valence-corrected chi connectivity index (χ0v) is 15.8. The number of nitrogens with one attached hydrogen (secondary N) is 2. The molecule has 0 bridgehead atoms. The minimum absolute atomic E-state index is 0. The largest absolute Gasteiger partial charge is 0.497 e. The van der Waals surface area contributed by atoms with Crippen LogP contribution in [0.2, 0.25) is 0 Å². The summed E-state index contributed by atoms with van der Waals surface area (Å²) in [5.74, 6) is 0.755. The molecule has 26 heavy (non-hydrogen) atoms. The first-order valence-corrected chi connectivity index (χ1v) is 8.61. The molecule has 7 nitrogen and oxygen atoms in total. The van der Waals surface area contributed by atoms with E-state index in [0.29, 0.717) is 18.7 Å². The molecule has 0 radical (unpaired) electrons. The fourth-order valence-corrected chi connectivity index (χ4v) is 2.85. The number of methoxy groups -OCH3 is 1. The monoisotopic (exact) mass is 379 g/mol. The summed E-state index contributed by atoms with van der Waals surface area (Å²) < 4.78 is 6.92. The zero-order valence-electron chi connectivity index (χ0n) is 15.0. The number of carbonyl (C=O) groups excluding carboxylic acids is 1. The third kappa shape index (κ3) is 5.72. The van der Waals surface area contributed by atoms with Crippen molar-refractivity contribution >= 4 is 18.3 Å². The summed E-state index contributed by atoms with van der Waals surface area (Å²) in [6, 6.07) is 7.83. The van der Waals surface area contributed by atoms with Gasteiger partial charge in [0.2, 0.25) is 0 Å². The van der Waals surface area contributed by atoms with Gasteiger partial charge in [-0.05, 0) is 17.7 Å². The SMILES string of the molecule is COc1ccc(Cn2cc(C(=O)NCCN3CCNCC3)cn2)cc1.Cl. The van der Waals surface area contributed by atoms with Crippen LogP contribution in [0.15, 0.2) is 36.7 Å². The Kier molecular flexibility index (Phi) is 7.90. The molecule has 1 amide bonds. The van der Waals surface area contributed by atoms with Gasteiger partial charge in [0.15, 0.2) is 0 Å². The first-order valence-electron chi connectivity index (χ1n) is 8.61. The number of hydrogen-bond acceptors (Lipinski definition) is 5. The van der Waals surface area contributed by atoms with Gasteiger partial charge < -0.3 is 15.4 Å². The maximum atomic E-state index is 12.2. The Morgan fingerprint density at radius 3 is 2.69 bits per heavy atom. The summed E-state index contributed by atoms with van der Waals surface area (Å²) in [4.78, 5) is 14.6. The highest BCUT2D eigenvalue weighted by molar-refractivity contribution is 5.93. The third-order valence-corrected chi connectivity index (χ3v) is 4.32. The molecule has 1 saturated heterocycles. The summed E-state index contributed by atoms with van der Waals surface area (Å²) in [5.41, 5.74) is 1.70. The maximum absolute atomic E-state index is 12.2. The Labute approximate surface area is 160 Å². The molecule has 2 N–H and O–H groups in total. The Bertz CT molecular complexity index is 683. The first kappa shape index (κ1) is 20.2. The number of nitrogens with zero attached hydrogens (tertiary/aromatic N) is 3. The number of rotatable bonds is 7. The van der Waals surface area contributed by atoms with Crippen LogP contribution in [-0.2, 0) is 6.54 Å². The van der Waals surface area contributed by atoms with E-state index in [1.807, 2.05) is 24.3 Å². The molecule has 0 unspecified atom stereocenters. The lowest BCUT2D eigenvalue weighted by molar-refractivity contribution is 0.0947. The summed E-state index contributed by atoms with van der Waals surface area (Å²) in [6.07, 6.45) is 3.40. The van der Waals surface area contributed by atoms with Gasteiger partial charge in [-0.3, -0.25) is 14.4 Å². The van der Waals surface area contributed by atoms with Gasteiger partial charge in [0.1, 0.15) is 5.75 Å². The lowest BCUT2D eigenvalue weighted by atomic mass is 10.2. The molecule has 142 valence electrons. The highest BCUT2D eigenvalue weighted by Crippen LogP contribution is 2.12. The van der Waals surface area contributed by atoms with Crippen LogP contribution in [0.25, 0.3) is 0 Å². The smallest absolute Gasteiger partial charge is 0.254 e. The van der Waals surface area contributed by atoms with Crippen molar-refractivity contribution in [2.24, 2.45) is 0 Å². The molecule has 0 spiro atoms. The Hall–Kier alpha value is -2.09. The first-order chi connectivity index (χ1) is 12.2. The number of carbonyl (C=O) groups is 1. The van der Waals surface area contributed by atoms with Crippen LogP contribution in [0.3, 0.4) is 0 Å². The predicted molar refractivity (Wildman–Crippen MR) is 103 cm³/mol. The van der Waals surface area contributed by atoms with Gasteiger partial charge in [-0.25, -0.2) is 0 Å². The van der Waals surface area contributed by atoms with Gasteiger partial charge in [0.25, 0.3) is 5.91 Å². The maximum Gasteiger partial charge on any atom is 0.254 e. The lowest BCUT2D eigenvalue weighted by Gasteiger charge is -2.26. The van der Waals surface area contributed by atoms with Gasteiger partial charge >= 0.3 is 0 Å². The lowest BCUT2D eigenvalue weighted by Crippen LogP contribution is -2.46. The summed E-state index contributed by atoms with van der Waals surface area (Å²) in [6.45, 7) is 6.28. The Balaban J connectivity index is 0.00000243. The van der Waals surface area contributed by atoms with Crippen molar-refractivity contribution in [2.45, 2.75) is 6.54 Å². The Morgan fingerprint density at radius 1 is 1.27 bits per heavy atom. The van der Waals surface area contributed by atoms with E-state index in [1.165, 1.54) is 0 Å². The number of halogens is 1. The normalized spacial score (nSPS) is 14.5. The molecule has 1 aliphatic rings. The predicted octanol–water partition coefficient (Wildman–Crippen LogP) is 0.997. The molecule has 1 aliphatic heterocycles. The van der Waals surface area contributed by atoms with Crippen molar-refractivity contribution in [1.29, 1.82) is 0 Å². The quantitative estimate of drug-likeness (QED) is 0.751. The molecular formula is C18H26ClN5O2. The summed E-state index contributed by atoms with van der Waals surface area (Å²) in [7, 11) is 1.65. The van der Waals surface area contributed by atoms with E-state index in [-0.39, 0.29) is 18.3 Å². The minimum Gasteiger partial charge on any atom is -0.497 e. The molecule has 0 atom stereocenters. The van der Waals surface area contributed by atoms with Gasteiger partial charge in [-0.2, -0.15) is 5.10 Å². The topological polar surface area (TPSA) is 71.4 Å². The molecule has 2 heterocycles. The van der Waals surface area contributed by atoms with Gasteiger partial charge in [0, 0.05) is 45.5 Å². The van der Waals surface area contributed by atoms with E-state index >= 15 is 0 Å². The second-order valence-corrected chi connectivity index (χ2v) is 6.12. The molecule has 2 aromatic rings. The van der Waals surface area contributed by atoms with E-state index in [1.54, 1.807) is 24.2 Å². The van der Waals surface area contributed by atoms with Crippen molar-refractivity contribution in [1.82, 2.24) is 25.3 Å². The zero-order chi connectivity index (χ0) is 17.5. The molecule has 3 rings (SSSR count). The van der Waals surface area contributed by atoms with Crippen LogP contribution in [0, 0.1) is 0 Å². The number of amides is 1. The van der Waals surface area contributed by atoms with Gasteiger partial charge in [-0.1, -0.05) is 12.1 Å². The van der Waals surface area contributed by atoms with E-state index in [9.17, 15) is 4.79 Å². The second kappa shape index (κ2) is 10.2. The van der Waals surface area contributed by atoms with Crippen molar-refractivity contribution in [3.63, 3.8) is 0 Å². The summed E-state index contributed by atoms with van der Waals surface area (Å²) >= 11 is 0. The van der Waals surface area contributed by atoms with E-state index < -0.39 is 0 Å². The van der Waals surface area contributed by atoms with Crippen LogP contribution >= 0.6 is 12.4 Å². The molecule has 1 aromatic heterocycles. The summed E-state index contributed by atoms with van der Waals surface area (Å²) in [5, 5.41) is 10.6. The average Bonchev–Trinajstić information content (AvgIpc) is 3.12. The van der Waals surface area contributed by atoms with E-state index in [2.05, 4.69) is 20.6 Å². The van der Waals surface area contributed by atoms with Crippen molar-refractivity contribution in [3.05, 3.63) is 47.8 Å². The minimum atomic E-state index is -0.0730. The van der Waals surface area contributed by atoms with Crippen LogP contribution < -0.4 is 15.4 Å². The van der Waals surface area contributed by atoms with E-state index in [4.69, 9.17) is 4.74 Å². The Morgan fingerprint density at radius 2 is 2.00 bits per heavy atom. The third-order valence-electron chi connectivity index (χ3n) is 4.32. The van der Waals surface area contributed by atoms with Crippen molar-refractivity contribution in [2.75, 3.05) is 46.4 Å². The highest BCUT2D eigenvalue weighted by Gasteiger charge is 2.11. The van der Waals surface area contributed by atoms with Crippen LogP contribution in [0.4, 0.5) is 0 Å². The molecule has 1 aromatic carbocycles. The second-order valence-electron chi connectivity index (χ2n) is 6.12. The number of aromatic nitrogens is 2.